The van der Waals surface area contributed by atoms with Crippen molar-refractivity contribution in [3.05, 3.63) is 77.2 Å². The summed E-state index contributed by atoms with van der Waals surface area (Å²) in [7, 11) is 1.89. The maximum atomic E-state index is 12.8. The number of aromatic nitrogens is 4. The lowest BCUT2D eigenvalue weighted by molar-refractivity contribution is -0.113. The van der Waals surface area contributed by atoms with Crippen molar-refractivity contribution < 1.29 is 14.3 Å². The second-order valence-electron chi connectivity index (χ2n) is 8.67. The van der Waals surface area contributed by atoms with Gasteiger partial charge in [-0.25, -0.2) is 9.78 Å². The van der Waals surface area contributed by atoms with Crippen LogP contribution in [0, 0.1) is 0 Å². The number of hydrogen-bond donors (Lipinski definition) is 1. The highest BCUT2D eigenvalue weighted by atomic mass is 32.2. The highest BCUT2D eigenvalue weighted by Crippen LogP contribution is 2.33. The summed E-state index contributed by atoms with van der Waals surface area (Å²) in [5, 5.41) is 13.8. The van der Waals surface area contributed by atoms with Gasteiger partial charge in [-0.15, -0.1) is 21.5 Å². The minimum atomic E-state index is -0.436. The Labute approximate surface area is 234 Å². The molecule has 0 atom stereocenters. The van der Waals surface area contributed by atoms with E-state index in [9.17, 15) is 9.59 Å². The Morgan fingerprint density at radius 3 is 2.56 bits per heavy atom. The van der Waals surface area contributed by atoms with Gasteiger partial charge in [0.1, 0.15) is 5.00 Å². The lowest BCUT2D eigenvalue weighted by Gasteiger charge is -2.10. The molecule has 0 fully saturated rings. The first-order chi connectivity index (χ1) is 19.0. The maximum Gasteiger partial charge on any atom is 0.341 e. The maximum absolute atomic E-state index is 12.8. The van der Waals surface area contributed by atoms with Crippen LogP contribution in [0.1, 0.15) is 29.1 Å². The molecule has 39 heavy (non-hydrogen) atoms. The Morgan fingerprint density at radius 2 is 1.79 bits per heavy atom. The summed E-state index contributed by atoms with van der Waals surface area (Å²) >= 11 is 2.67. The second-order valence-corrected chi connectivity index (χ2v) is 10.7. The lowest BCUT2D eigenvalue weighted by Crippen LogP contribution is -2.16. The van der Waals surface area contributed by atoms with Crippen LogP contribution < -0.4 is 5.32 Å². The van der Waals surface area contributed by atoms with Crippen LogP contribution in [0.2, 0.25) is 0 Å². The molecule has 5 rings (SSSR count). The molecule has 5 aromatic rings. The van der Waals surface area contributed by atoms with Crippen LogP contribution in [-0.4, -0.2) is 44.0 Å². The molecule has 8 nitrogen and oxygen atoms in total. The SMILES string of the molecule is CCOC(=O)c1cc(CC)sc1NC(=O)CSc1nnc(-c2cc(-c3ccccc3)nc3ccccc23)n1C. The fourth-order valence-electron chi connectivity index (χ4n) is 4.15. The van der Waals surface area contributed by atoms with Crippen LogP contribution in [0.3, 0.4) is 0 Å². The van der Waals surface area contributed by atoms with Gasteiger partial charge >= 0.3 is 5.97 Å². The van der Waals surface area contributed by atoms with E-state index in [4.69, 9.17) is 9.72 Å². The summed E-state index contributed by atoms with van der Waals surface area (Å²) in [4.78, 5) is 31.0. The number of aryl methyl sites for hydroxylation is 1. The Morgan fingerprint density at radius 1 is 1.03 bits per heavy atom. The van der Waals surface area contributed by atoms with Crippen molar-refractivity contribution in [1.29, 1.82) is 0 Å². The molecule has 198 valence electrons. The number of fused-ring (bicyclic) bond motifs is 1. The fraction of sp³-hybridized carbons (Fsp3) is 0.207. The zero-order valence-corrected chi connectivity index (χ0v) is 23.4. The number of hydrogen-bond acceptors (Lipinski definition) is 8. The smallest absolute Gasteiger partial charge is 0.341 e. The first kappa shape index (κ1) is 26.6. The monoisotopic (exact) mass is 557 g/mol. The predicted molar refractivity (Wildman–Crippen MR) is 156 cm³/mol. The van der Waals surface area contributed by atoms with Crippen LogP contribution >= 0.6 is 23.1 Å². The zero-order valence-electron chi connectivity index (χ0n) is 21.8. The number of rotatable bonds is 9. The Kier molecular flexibility index (Phi) is 8.04. The van der Waals surface area contributed by atoms with Crippen molar-refractivity contribution in [2.75, 3.05) is 17.7 Å². The Balaban J connectivity index is 1.37. The van der Waals surface area contributed by atoms with Crippen molar-refractivity contribution in [2.45, 2.75) is 25.4 Å². The van der Waals surface area contributed by atoms with E-state index < -0.39 is 5.97 Å². The molecule has 0 unspecified atom stereocenters. The molecule has 0 aliphatic heterocycles. The summed E-state index contributed by atoms with van der Waals surface area (Å²) in [6.07, 6.45) is 0.763. The van der Waals surface area contributed by atoms with Crippen LogP contribution in [0.15, 0.2) is 71.9 Å². The number of amides is 1. The summed E-state index contributed by atoms with van der Waals surface area (Å²) < 4.78 is 7.04. The molecule has 3 aromatic heterocycles. The van der Waals surface area contributed by atoms with Gasteiger partial charge in [-0.05, 0) is 31.5 Å². The molecule has 0 aliphatic carbocycles. The van der Waals surface area contributed by atoms with E-state index >= 15 is 0 Å². The molecule has 0 spiro atoms. The Bertz CT molecular complexity index is 1650. The molecule has 0 saturated heterocycles. The number of esters is 1. The van der Waals surface area contributed by atoms with Crippen molar-refractivity contribution >= 4 is 50.9 Å². The number of pyridine rings is 1. The lowest BCUT2D eigenvalue weighted by atomic mass is 10.0. The van der Waals surface area contributed by atoms with E-state index in [1.54, 1.807) is 13.0 Å². The first-order valence-corrected chi connectivity index (χ1v) is 14.4. The van der Waals surface area contributed by atoms with E-state index in [0.29, 0.717) is 21.5 Å². The second kappa shape index (κ2) is 11.8. The molecule has 1 N–H and O–H groups in total. The molecule has 3 heterocycles. The van der Waals surface area contributed by atoms with Crippen molar-refractivity contribution in [1.82, 2.24) is 19.7 Å². The molecule has 1 amide bonds. The van der Waals surface area contributed by atoms with Crippen molar-refractivity contribution in [3.8, 4) is 22.6 Å². The third-order valence-electron chi connectivity index (χ3n) is 6.07. The summed E-state index contributed by atoms with van der Waals surface area (Å²) in [6.45, 7) is 4.03. The molecule has 0 bridgehead atoms. The van der Waals surface area contributed by atoms with Crippen LogP contribution in [0.25, 0.3) is 33.5 Å². The average molecular weight is 558 g/mol. The molecular weight excluding hydrogens is 530 g/mol. The first-order valence-electron chi connectivity index (χ1n) is 12.6. The van der Waals surface area contributed by atoms with Crippen molar-refractivity contribution in [3.63, 3.8) is 0 Å². The molecular formula is C29H27N5O3S2. The number of anilines is 1. The summed E-state index contributed by atoms with van der Waals surface area (Å²) in [5.74, 6) is 0.123. The van der Waals surface area contributed by atoms with Crippen LogP contribution in [0.5, 0.6) is 0 Å². The third kappa shape index (κ3) is 5.71. The van der Waals surface area contributed by atoms with Gasteiger partial charge in [0.25, 0.3) is 0 Å². The number of para-hydroxylation sites is 1. The van der Waals surface area contributed by atoms with Gasteiger partial charge in [0, 0.05) is 28.4 Å². The normalized spacial score (nSPS) is 11.1. The van der Waals surface area contributed by atoms with Crippen molar-refractivity contribution in [2.24, 2.45) is 7.05 Å². The number of thiophene rings is 1. The van der Waals surface area contributed by atoms with Gasteiger partial charge in [-0.2, -0.15) is 0 Å². The summed E-state index contributed by atoms with van der Waals surface area (Å²) in [5.41, 5.74) is 4.03. The highest BCUT2D eigenvalue weighted by Gasteiger charge is 2.20. The van der Waals surface area contributed by atoms with Gasteiger partial charge < -0.3 is 14.6 Å². The number of carbonyl (C=O) groups excluding carboxylic acids is 2. The number of thioether (sulfide) groups is 1. The molecule has 0 aliphatic rings. The predicted octanol–water partition coefficient (Wildman–Crippen LogP) is 6.23. The van der Waals surface area contributed by atoms with Gasteiger partial charge in [0.2, 0.25) is 5.91 Å². The van der Waals surface area contributed by atoms with Gasteiger partial charge in [0.05, 0.1) is 29.1 Å². The van der Waals surface area contributed by atoms with E-state index in [2.05, 4.69) is 15.5 Å². The third-order valence-corrected chi connectivity index (χ3v) is 8.29. The van der Waals surface area contributed by atoms with E-state index in [1.807, 2.05) is 79.2 Å². The summed E-state index contributed by atoms with van der Waals surface area (Å²) in [6, 6.07) is 21.8. The van der Waals surface area contributed by atoms with Gasteiger partial charge in [0.15, 0.2) is 11.0 Å². The van der Waals surface area contributed by atoms with E-state index in [1.165, 1.54) is 23.1 Å². The largest absolute Gasteiger partial charge is 0.462 e. The Hall–Kier alpha value is -4.02. The van der Waals surface area contributed by atoms with Crippen LogP contribution in [-0.2, 0) is 23.0 Å². The molecule has 0 saturated carbocycles. The van der Waals surface area contributed by atoms with Gasteiger partial charge in [-0.1, -0.05) is 67.2 Å². The minimum Gasteiger partial charge on any atom is -0.462 e. The average Bonchev–Trinajstić information content (AvgIpc) is 3.54. The minimum absolute atomic E-state index is 0.111. The number of nitrogens with zero attached hydrogens (tertiary/aromatic N) is 4. The standard InChI is InChI=1S/C29H27N5O3S2/c1-4-19-15-22(28(36)37-5-2)27(39-19)31-25(35)17-38-29-33-32-26(34(29)3)21-16-24(18-11-7-6-8-12-18)30-23-14-10-9-13-20(21)23/h6-16H,4-5,17H2,1-3H3,(H,31,35). The topological polar surface area (TPSA) is 99.0 Å². The van der Waals surface area contributed by atoms with E-state index in [-0.39, 0.29) is 18.3 Å². The molecule has 0 radical (unpaired) electrons. The van der Waals surface area contributed by atoms with E-state index in [0.717, 1.165) is 39.0 Å². The fourth-order valence-corrected chi connectivity index (χ4v) is 5.87. The number of ether oxygens (including phenoxy) is 1. The quantitative estimate of drug-likeness (QED) is 0.169. The zero-order chi connectivity index (χ0) is 27.4. The van der Waals surface area contributed by atoms with Crippen LogP contribution in [0.4, 0.5) is 5.00 Å². The number of benzene rings is 2. The molecule has 2 aromatic carbocycles. The highest BCUT2D eigenvalue weighted by molar-refractivity contribution is 7.99. The number of nitrogens with one attached hydrogen (secondary N) is 1. The molecule has 10 heteroatoms. The number of carbonyl (C=O) groups is 2. The van der Waals surface area contributed by atoms with Gasteiger partial charge in [-0.3, -0.25) is 4.79 Å².